The number of halogens is 1. The van der Waals surface area contributed by atoms with Gasteiger partial charge in [0.05, 0.1) is 52.8 Å². The van der Waals surface area contributed by atoms with Crippen molar-refractivity contribution in [2.24, 2.45) is 14.1 Å². The molecule has 21 nitrogen and oxygen atoms in total. The second-order valence-electron chi connectivity index (χ2n) is 22.3. The highest BCUT2D eigenvalue weighted by Crippen LogP contribution is 2.37. The molecule has 77 heavy (non-hydrogen) atoms. The molecule has 7 aromatic rings. The van der Waals surface area contributed by atoms with Crippen LogP contribution in [0.1, 0.15) is 103 Å². The molecule has 402 valence electrons. The molecule has 3 aliphatic rings. The normalized spacial score (nSPS) is 16.0. The van der Waals surface area contributed by atoms with E-state index in [0.29, 0.717) is 58.8 Å². The van der Waals surface area contributed by atoms with E-state index in [-0.39, 0.29) is 76.0 Å². The smallest absolute Gasteiger partial charge is 0.399 e. The third kappa shape index (κ3) is 10.2. The summed E-state index contributed by atoms with van der Waals surface area (Å²) in [6, 6.07) is 11.8. The molecule has 0 spiro atoms. The van der Waals surface area contributed by atoms with Gasteiger partial charge in [-0.25, -0.2) is 9.37 Å². The van der Waals surface area contributed by atoms with Gasteiger partial charge in [-0.1, -0.05) is 20.8 Å². The van der Waals surface area contributed by atoms with E-state index in [1.165, 1.54) is 27.6 Å². The molecular weight excluding hydrogens is 988 g/mol. The molecule has 23 heteroatoms. The highest BCUT2D eigenvalue weighted by molar-refractivity contribution is 6.62. The zero-order valence-electron chi connectivity index (χ0n) is 45.6. The molecule has 1 fully saturated rings. The number of nitrogens with zero attached hydrogens (tertiary/aromatic N) is 11. The van der Waals surface area contributed by atoms with E-state index >= 15 is 4.39 Å². The number of amides is 2. The lowest BCUT2D eigenvalue weighted by molar-refractivity contribution is -0.137. The highest BCUT2D eigenvalue weighted by atomic mass is 19.1. The fraction of sp³-hybridized carbons (Fsp3) is 0.407. The summed E-state index contributed by atoms with van der Waals surface area (Å²) in [6.45, 7) is 22.9. The van der Waals surface area contributed by atoms with Crippen molar-refractivity contribution in [2.45, 2.75) is 131 Å². The van der Waals surface area contributed by atoms with Crippen LogP contribution in [0.2, 0.25) is 0 Å². The van der Waals surface area contributed by atoms with Gasteiger partial charge in [0.15, 0.2) is 23.7 Å². The lowest BCUT2D eigenvalue weighted by atomic mass is 9.80. The topological polar surface area (TPSA) is 228 Å². The molecule has 0 radical (unpaired) electrons. The second kappa shape index (κ2) is 19.8. The Bertz CT molecular complexity index is 3700. The number of anilines is 4. The molecular formula is C54H63BFN13O8. The van der Waals surface area contributed by atoms with Crippen molar-refractivity contribution in [2.75, 3.05) is 10.6 Å². The van der Waals surface area contributed by atoms with E-state index in [1.54, 1.807) is 71.1 Å². The number of hydrogen-bond donors (Lipinski definition) is 2. The average molecular weight is 1050 g/mol. The maximum Gasteiger partial charge on any atom is 0.496 e. The lowest BCUT2D eigenvalue weighted by Gasteiger charge is -2.32. The summed E-state index contributed by atoms with van der Waals surface area (Å²) in [4.78, 5) is 84.7. The zero-order valence-corrected chi connectivity index (χ0v) is 45.6. The number of pyridine rings is 3. The van der Waals surface area contributed by atoms with Crippen LogP contribution in [0.3, 0.4) is 0 Å². The minimum Gasteiger partial charge on any atom is -0.399 e. The number of carbonyl (C=O) groups is 3. The first kappa shape index (κ1) is 53.8. The summed E-state index contributed by atoms with van der Waals surface area (Å²) in [5.74, 6) is 0.138. The van der Waals surface area contributed by atoms with Gasteiger partial charge in [0.1, 0.15) is 30.3 Å². The maximum absolute atomic E-state index is 15.3. The quantitative estimate of drug-likeness (QED) is 0.128. The largest absolute Gasteiger partial charge is 0.496 e. The Kier molecular flexibility index (Phi) is 13.8. The SMILES string of the molecule is CC(C)N1Cc2cc(Nc3cc(-c4ccnc(-n5ncc6cc(C(C)(C)C)cc(F)c6c5=O)c4C=O)cn(C)c3=O)nn2CC1=O.CC(C)N1Cc2cc(Nc3cc(B4OC(C)(C)C(C)(C)O4)cn(C)c3=O)nn2CC1=O. The van der Waals surface area contributed by atoms with E-state index in [9.17, 15) is 28.8 Å². The molecule has 1 aromatic carbocycles. The van der Waals surface area contributed by atoms with E-state index < -0.39 is 29.7 Å². The Balaban J connectivity index is 0.000000203. The summed E-state index contributed by atoms with van der Waals surface area (Å²) in [6.07, 6.45) is 6.63. The van der Waals surface area contributed by atoms with Crippen molar-refractivity contribution in [1.29, 1.82) is 0 Å². The molecule has 9 heterocycles. The summed E-state index contributed by atoms with van der Waals surface area (Å²) in [5, 5.41) is 19.6. The zero-order chi connectivity index (χ0) is 55.8. The van der Waals surface area contributed by atoms with Gasteiger partial charge in [-0.2, -0.15) is 20.0 Å². The van der Waals surface area contributed by atoms with Gasteiger partial charge >= 0.3 is 7.12 Å². The van der Waals surface area contributed by atoms with Crippen molar-refractivity contribution < 1.29 is 28.1 Å². The number of rotatable bonds is 10. The number of aryl methyl sites for hydroxylation is 2. The van der Waals surface area contributed by atoms with Crippen molar-refractivity contribution in [3.63, 3.8) is 0 Å². The Morgan fingerprint density at radius 2 is 1.26 bits per heavy atom. The van der Waals surface area contributed by atoms with E-state index in [1.807, 2.05) is 87.1 Å². The first-order valence-corrected chi connectivity index (χ1v) is 25.3. The Labute approximate surface area is 443 Å². The highest BCUT2D eigenvalue weighted by Gasteiger charge is 2.52. The molecule has 0 atom stereocenters. The van der Waals surface area contributed by atoms with Crippen LogP contribution in [0.15, 0.2) is 81.6 Å². The lowest BCUT2D eigenvalue weighted by Crippen LogP contribution is -2.43. The van der Waals surface area contributed by atoms with Crippen LogP contribution < -0.4 is 32.8 Å². The maximum atomic E-state index is 15.3. The third-order valence-corrected chi connectivity index (χ3v) is 14.6. The van der Waals surface area contributed by atoms with Gasteiger partial charge in [0, 0.05) is 73.3 Å². The number of aldehydes is 1. The third-order valence-electron chi connectivity index (χ3n) is 14.6. The molecule has 2 N–H and O–H groups in total. The fourth-order valence-corrected chi connectivity index (χ4v) is 9.44. The van der Waals surface area contributed by atoms with Crippen LogP contribution in [0, 0.1) is 5.82 Å². The van der Waals surface area contributed by atoms with Crippen LogP contribution in [0.4, 0.5) is 27.4 Å². The summed E-state index contributed by atoms with van der Waals surface area (Å²) in [5.41, 5.74) is 2.02. The van der Waals surface area contributed by atoms with Gasteiger partial charge in [-0.05, 0) is 102 Å². The fourth-order valence-electron chi connectivity index (χ4n) is 9.44. The molecule has 0 aliphatic carbocycles. The van der Waals surface area contributed by atoms with Crippen LogP contribution in [0.5, 0.6) is 0 Å². The number of aromatic nitrogens is 9. The number of fused-ring (bicyclic) bond motifs is 3. The van der Waals surface area contributed by atoms with Crippen LogP contribution in [0.25, 0.3) is 27.7 Å². The monoisotopic (exact) mass is 1050 g/mol. The van der Waals surface area contributed by atoms with Crippen molar-refractivity contribution in [1.82, 2.24) is 53.3 Å². The van der Waals surface area contributed by atoms with Crippen molar-refractivity contribution >= 4 is 64.5 Å². The molecule has 6 aromatic heterocycles. The van der Waals surface area contributed by atoms with E-state index in [0.717, 1.165) is 21.5 Å². The minimum atomic E-state index is -0.760. The Morgan fingerprint density at radius 1 is 0.727 bits per heavy atom. The van der Waals surface area contributed by atoms with E-state index in [2.05, 4.69) is 30.9 Å². The standard InChI is InChI=1S/C33H33FN8O4.C21H30BN5O4/c1-18(2)40-15-22-12-27(38-41(22)16-28(40)44)37-26-10-20(14-39(6)31(26)45)23-7-8-35-30(24(23)17-43)42-32(46)29-19(13-36-42)9-21(11-25(29)34)33(3,4)5;1-13(2)26-11-15-9-17(24-27(15)12-18(26)28)23-16-8-14(10-25(7)19(16)29)22-30-20(3,4)21(5,6)31-22/h7-14,17-18H,15-16H2,1-6H3,(H,37,38);8-10,13H,11-12H2,1-7H3,(H,23,24). The number of nitrogens with one attached hydrogen (secondary N) is 2. The van der Waals surface area contributed by atoms with Crippen LogP contribution in [-0.2, 0) is 64.6 Å². The van der Waals surface area contributed by atoms with E-state index in [4.69, 9.17) is 9.31 Å². The van der Waals surface area contributed by atoms with Gasteiger partial charge in [0.2, 0.25) is 11.8 Å². The van der Waals surface area contributed by atoms with Crippen molar-refractivity contribution in [3.8, 4) is 16.9 Å². The van der Waals surface area contributed by atoms with Gasteiger partial charge in [-0.3, -0.25) is 38.1 Å². The molecule has 1 saturated heterocycles. The Hall–Kier alpha value is -8.05. The number of carbonyl (C=O) groups excluding carboxylic acids is 3. The molecule has 10 rings (SSSR count). The van der Waals surface area contributed by atoms with Crippen LogP contribution >= 0.6 is 0 Å². The summed E-state index contributed by atoms with van der Waals surface area (Å²) < 4.78 is 34.7. The van der Waals surface area contributed by atoms with Gasteiger partial charge < -0.3 is 38.9 Å². The minimum absolute atomic E-state index is 0.0255. The summed E-state index contributed by atoms with van der Waals surface area (Å²) in [7, 11) is 2.69. The average Bonchev–Trinajstić information content (AvgIpc) is 4.02. The number of benzene rings is 1. The molecule has 0 bridgehead atoms. The predicted molar refractivity (Wildman–Crippen MR) is 290 cm³/mol. The number of hydrogen-bond acceptors (Lipinski definition) is 14. The predicted octanol–water partition coefficient (Wildman–Crippen LogP) is 5.46. The summed E-state index contributed by atoms with van der Waals surface area (Å²) >= 11 is 0. The molecule has 2 amide bonds. The first-order valence-electron chi connectivity index (χ1n) is 25.3. The van der Waals surface area contributed by atoms with Crippen molar-refractivity contribution in [3.05, 3.63) is 127 Å². The Morgan fingerprint density at radius 3 is 1.78 bits per heavy atom. The molecule has 3 aliphatic heterocycles. The first-order chi connectivity index (χ1) is 36.1. The molecule has 0 saturated carbocycles. The van der Waals surface area contributed by atoms with Crippen LogP contribution in [-0.4, -0.2) is 102 Å². The molecule has 0 unspecified atom stereocenters. The second-order valence-corrected chi connectivity index (χ2v) is 22.3. The van der Waals surface area contributed by atoms with Gasteiger partial charge in [0.25, 0.3) is 16.7 Å². The van der Waals surface area contributed by atoms with Gasteiger partial charge in [-0.15, -0.1) is 0 Å².